The van der Waals surface area contributed by atoms with E-state index in [1.807, 2.05) is 30.3 Å². The van der Waals surface area contributed by atoms with Crippen LogP contribution in [0.25, 0.3) is 11.1 Å². The SMILES string of the molecule is CC(C)CCc1c(F)n(CCC2CCCCC2)c(=O)n1Cc1ccc(-c2ccccc2C(=O)O)cc1. The zero-order chi connectivity index (χ0) is 25.7. The molecular weight excluding hydrogens is 455 g/mol. The molecule has 4 rings (SSSR count). The standard InChI is InChI=1S/C30H37FN2O3/c1-21(2)12-17-27-28(31)32(19-18-22-8-4-3-5-9-22)30(36)33(27)20-23-13-15-24(16-14-23)25-10-6-7-11-26(25)29(34)35/h6-7,10-11,13-16,21-22H,3-5,8-9,12,17-20H2,1-2H3,(H,34,35). The maximum atomic E-state index is 15.6. The van der Waals surface area contributed by atoms with Gasteiger partial charge in [-0.25, -0.2) is 9.59 Å². The summed E-state index contributed by atoms with van der Waals surface area (Å²) in [6, 6.07) is 14.4. The van der Waals surface area contributed by atoms with E-state index in [1.54, 1.807) is 22.8 Å². The van der Waals surface area contributed by atoms with Gasteiger partial charge in [-0.3, -0.25) is 9.13 Å². The van der Waals surface area contributed by atoms with E-state index in [0.29, 0.717) is 42.6 Å². The summed E-state index contributed by atoms with van der Waals surface area (Å²) in [6.45, 7) is 4.94. The molecule has 3 aromatic rings. The van der Waals surface area contributed by atoms with Crippen molar-refractivity contribution in [2.24, 2.45) is 11.8 Å². The van der Waals surface area contributed by atoms with Gasteiger partial charge in [0.15, 0.2) is 0 Å². The lowest BCUT2D eigenvalue weighted by Gasteiger charge is -2.21. The van der Waals surface area contributed by atoms with E-state index in [1.165, 1.54) is 36.7 Å². The summed E-state index contributed by atoms with van der Waals surface area (Å²) in [4.78, 5) is 25.0. The van der Waals surface area contributed by atoms with Crippen LogP contribution in [0.3, 0.4) is 0 Å². The summed E-state index contributed by atoms with van der Waals surface area (Å²) in [5, 5.41) is 9.51. The predicted molar refractivity (Wildman–Crippen MR) is 141 cm³/mol. The Morgan fingerprint density at radius 3 is 2.39 bits per heavy atom. The number of hydrogen-bond acceptors (Lipinski definition) is 2. The van der Waals surface area contributed by atoms with Crippen molar-refractivity contribution in [3.8, 4) is 11.1 Å². The van der Waals surface area contributed by atoms with Crippen molar-refractivity contribution in [3.63, 3.8) is 0 Å². The van der Waals surface area contributed by atoms with Gasteiger partial charge in [0.1, 0.15) is 0 Å². The fourth-order valence-corrected chi connectivity index (χ4v) is 5.31. The fourth-order valence-electron chi connectivity index (χ4n) is 5.31. The van der Waals surface area contributed by atoms with Crippen LogP contribution in [0.4, 0.5) is 4.39 Å². The number of nitrogens with zero attached hydrogens (tertiary/aromatic N) is 2. The van der Waals surface area contributed by atoms with Crippen LogP contribution in [0, 0.1) is 17.8 Å². The lowest BCUT2D eigenvalue weighted by Crippen LogP contribution is -2.27. The molecule has 0 atom stereocenters. The first-order valence-corrected chi connectivity index (χ1v) is 13.2. The lowest BCUT2D eigenvalue weighted by atomic mass is 9.87. The number of benzene rings is 2. The number of aromatic nitrogens is 2. The molecular formula is C30H37FN2O3. The maximum Gasteiger partial charge on any atom is 0.336 e. The van der Waals surface area contributed by atoms with E-state index >= 15 is 4.39 Å². The first kappa shape index (κ1) is 25.9. The van der Waals surface area contributed by atoms with Gasteiger partial charge < -0.3 is 5.11 Å². The molecule has 2 aromatic carbocycles. The summed E-state index contributed by atoms with van der Waals surface area (Å²) in [5.41, 5.74) is 2.77. The number of halogens is 1. The largest absolute Gasteiger partial charge is 0.478 e. The molecule has 1 fully saturated rings. The van der Waals surface area contributed by atoms with Crippen LogP contribution in [-0.4, -0.2) is 20.2 Å². The minimum Gasteiger partial charge on any atom is -0.478 e. The van der Waals surface area contributed by atoms with Crippen molar-refractivity contribution in [1.29, 1.82) is 0 Å². The number of aromatic carboxylic acids is 1. The second kappa shape index (κ2) is 11.7. The van der Waals surface area contributed by atoms with E-state index in [2.05, 4.69) is 13.8 Å². The molecule has 1 aromatic heterocycles. The highest BCUT2D eigenvalue weighted by Crippen LogP contribution is 2.27. The Bertz CT molecular complexity index is 1230. The molecule has 1 saturated carbocycles. The molecule has 0 spiro atoms. The highest BCUT2D eigenvalue weighted by Gasteiger charge is 2.22. The summed E-state index contributed by atoms with van der Waals surface area (Å²) < 4.78 is 18.5. The minimum absolute atomic E-state index is 0.245. The molecule has 5 nitrogen and oxygen atoms in total. The molecule has 0 bridgehead atoms. The van der Waals surface area contributed by atoms with E-state index in [9.17, 15) is 14.7 Å². The molecule has 192 valence electrons. The normalized spacial score (nSPS) is 14.4. The molecule has 36 heavy (non-hydrogen) atoms. The Kier molecular flexibility index (Phi) is 8.44. The van der Waals surface area contributed by atoms with Crippen LogP contribution in [0.2, 0.25) is 0 Å². The smallest absolute Gasteiger partial charge is 0.336 e. The highest BCUT2D eigenvalue weighted by molar-refractivity contribution is 5.95. The van der Waals surface area contributed by atoms with Crippen LogP contribution in [-0.2, 0) is 19.5 Å². The van der Waals surface area contributed by atoms with E-state index < -0.39 is 5.97 Å². The molecule has 1 N–H and O–H groups in total. The third-order valence-electron chi connectivity index (χ3n) is 7.47. The molecule has 1 aliphatic carbocycles. The predicted octanol–water partition coefficient (Wildman–Crippen LogP) is 6.76. The Balaban J connectivity index is 1.59. The van der Waals surface area contributed by atoms with Crippen molar-refractivity contribution in [2.45, 2.75) is 78.3 Å². The maximum absolute atomic E-state index is 15.6. The molecule has 0 saturated heterocycles. The van der Waals surface area contributed by atoms with Crippen molar-refractivity contribution < 1.29 is 14.3 Å². The van der Waals surface area contributed by atoms with Gasteiger partial charge in [0.25, 0.3) is 0 Å². The van der Waals surface area contributed by atoms with E-state index in [-0.39, 0.29) is 17.2 Å². The molecule has 6 heteroatoms. The topological polar surface area (TPSA) is 64.2 Å². The van der Waals surface area contributed by atoms with E-state index in [0.717, 1.165) is 24.0 Å². The average molecular weight is 493 g/mol. The first-order chi connectivity index (χ1) is 17.3. The quantitative estimate of drug-likeness (QED) is 0.340. The van der Waals surface area contributed by atoms with Gasteiger partial charge in [-0.2, -0.15) is 4.39 Å². The molecule has 0 radical (unpaired) electrons. The molecule has 0 amide bonds. The number of carboxylic acids is 1. The first-order valence-electron chi connectivity index (χ1n) is 13.2. The Hall–Kier alpha value is -3.15. The molecule has 1 aliphatic rings. The second-order valence-corrected chi connectivity index (χ2v) is 10.5. The minimum atomic E-state index is -0.971. The van der Waals surface area contributed by atoms with Crippen LogP contribution in [0.15, 0.2) is 53.3 Å². The second-order valence-electron chi connectivity index (χ2n) is 10.5. The van der Waals surface area contributed by atoms with Gasteiger partial charge in [0.2, 0.25) is 5.95 Å². The van der Waals surface area contributed by atoms with Gasteiger partial charge in [-0.15, -0.1) is 0 Å². The fraction of sp³-hybridized carbons (Fsp3) is 0.467. The van der Waals surface area contributed by atoms with Gasteiger partial charge in [0.05, 0.1) is 17.8 Å². The highest BCUT2D eigenvalue weighted by atomic mass is 19.1. The van der Waals surface area contributed by atoms with Crippen molar-refractivity contribution >= 4 is 5.97 Å². The number of carboxylic acid groups (broad SMARTS) is 1. The average Bonchev–Trinajstić information content (AvgIpc) is 3.10. The Morgan fingerprint density at radius 1 is 1.03 bits per heavy atom. The molecule has 0 aliphatic heterocycles. The molecule has 0 unspecified atom stereocenters. The summed E-state index contributed by atoms with van der Waals surface area (Å²) >= 11 is 0. The van der Waals surface area contributed by atoms with Crippen LogP contribution in [0.5, 0.6) is 0 Å². The third-order valence-corrected chi connectivity index (χ3v) is 7.47. The zero-order valence-electron chi connectivity index (χ0n) is 21.4. The van der Waals surface area contributed by atoms with Crippen LogP contribution >= 0.6 is 0 Å². The van der Waals surface area contributed by atoms with Crippen LogP contribution in [0.1, 0.15) is 80.4 Å². The van der Waals surface area contributed by atoms with Gasteiger partial charge in [0, 0.05) is 6.54 Å². The van der Waals surface area contributed by atoms with Gasteiger partial charge in [-0.1, -0.05) is 88.4 Å². The van der Waals surface area contributed by atoms with Gasteiger partial charge >= 0.3 is 11.7 Å². The summed E-state index contributed by atoms with van der Waals surface area (Å²) in [5.74, 6) is -0.370. The van der Waals surface area contributed by atoms with E-state index in [4.69, 9.17) is 0 Å². The Morgan fingerprint density at radius 2 is 1.72 bits per heavy atom. The Labute approximate surface area is 212 Å². The summed E-state index contributed by atoms with van der Waals surface area (Å²) in [7, 11) is 0. The van der Waals surface area contributed by atoms with Crippen molar-refractivity contribution in [2.75, 3.05) is 0 Å². The summed E-state index contributed by atoms with van der Waals surface area (Å²) in [6.07, 6.45) is 8.28. The van der Waals surface area contributed by atoms with Crippen molar-refractivity contribution in [1.82, 2.24) is 9.13 Å². The van der Waals surface area contributed by atoms with Gasteiger partial charge in [-0.05, 0) is 53.9 Å². The molecule has 1 heterocycles. The number of carbonyl (C=O) groups is 1. The lowest BCUT2D eigenvalue weighted by molar-refractivity contribution is 0.0697. The number of rotatable bonds is 10. The zero-order valence-corrected chi connectivity index (χ0v) is 21.4. The van der Waals surface area contributed by atoms with Crippen molar-refractivity contribution in [3.05, 3.63) is 81.8 Å². The number of imidazole rings is 1. The third kappa shape index (κ3) is 5.97. The monoisotopic (exact) mass is 492 g/mol. The number of hydrogen-bond donors (Lipinski definition) is 1. The van der Waals surface area contributed by atoms with Crippen LogP contribution < -0.4 is 5.69 Å².